The number of methoxy groups -OCH3 is 1. The van der Waals surface area contributed by atoms with Crippen molar-refractivity contribution in [2.45, 2.75) is 45.3 Å². The highest BCUT2D eigenvalue weighted by atomic mass is 16.5. The summed E-state index contributed by atoms with van der Waals surface area (Å²) < 4.78 is 12.4. The minimum atomic E-state index is -0.691. The van der Waals surface area contributed by atoms with Crippen molar-refractivity contribution in [2.24, 2.45) is 0 Å². The molecule has 2 aromatic rings. The smallest absolute Gasteiger partial charge is 0.266 e. The lowest BCUT2D eigenvalue weighted by Gasteiger charge is -2.17. The fourth-order valence-corrected chi connectivity index (χ4v) is 2.77. The molecule has 1 N–H and O–H groups in total. The lowest BCUT2D eigenvalue weighted by Crippen LogP contribution is -2.39. The number of carbonyl (C=O) groups is 1. The maximum atomic E-state index is 12.3. The van der Waals surface area contributed by atoms with Gasteiger partial charge < -0.3 is 14.8 Å². The molecule has 1 aliphatic carbocycles. The van der Waals surface area contributed by atoms with Gasteiger partial charge >= 0.3 is 0 Å². The van der Waals surface area contributed by atoms with Crippen LogP contribution in [0.3, 0.4) is 0 Å². The zero-order valence-corrected chi connectivity index (χ0v) is 15.9. The van der Waals surface area contributed by atoms with Crippen molar-refractivity contribution >= 4 is 5.91 Å². The van der Waals surface area contributed by atoms with Gasteiger partial charge in [0.15, 0.2) is 17.6 Å². The Balaban J connectivity index is 1.53. The van der Waals surface area contributed by atoms with Gasteiger partial charge in [-0.15, -0.1) is 0 Å². The molecule has 0 aliphatic heterocycles. The summed E-state index contributed by atoms with van der Waals surface area (Å²) >= 11 is 0. The summed E-state index contributed by atoms with van der Waals surface area (Å²) in [5.74, 6) is 1.32. The number of aromatic nitrogens is 2. The molecule has 1 amide bonds. The number of amides is 1. The van der Waals surface area contributed by atoms with Crippen molar-refractivity contribution in [3.05, 3.63) is 51.9 Å². The highest BCUT2D eigenvalue weighted by Gasteiger charge is 2.25. The predicted molar refractivity (Wildman–Crippen MR) is 101 cm³/mol. The van der Waals surface area contributed by atoms with Crippen molar-refractivity contribution in [1.29, 1.82) is 0 Å². The minimum absolute atomic E-state index is 0.165. The van der Waals surface area contributed by atoms with Crippen LogP contribution in [0.25, 0.3) is 0 Å². The molecule has 1 saturated carbocycles. The van der Waals surface area contributed by atoms with Crippen molar-refractivity contribution in [2.75, 3.05) is 13.7 Å². The second-order valence-corrected chi connectivity index (χ2v) is 6.80. The molecule has 27 heavy (non-hydrogen) atoms. The van der Waals surface area contributed by atoms with Gasteiger partial charge in [-0.1, -0.05) is 6.07 Å². The van der Waals surface area contributed by atoms with Crippen LogP contribution in [0.2, 0.25) is 0 Å². The molecule has 1 unspecified atom stereocenters. The molecule has 0 saturated heterocycles. The molecule has 0 radical (unpaired) electrons. The quantitative estimate of drug-likeness (QED) is 0.768. The number of rotatable bonds is 8. The molecule has 7 nitrogen and oxygen atoms in total. The van der Waals surface area contributed by atoms with E-state index in [2.05, 4.69) is 10.4 Å². The molecule has 1 aromatic heterocycles. The van der Waals surface area contributed by atoms with Crippen LogP contribution in [0.15, 0.2) is 35.1 Å². The van der Waals surface area contributed by atoms with Gasteiger partial charge in [0.1, 0.15) is 0 Å². The Hall–Kier alpha value is -2.83. The number of benzene rings is 1. The van der Waals surface area contributed by atoms with E-state index in [1.165, 1.54) is 10.7 Å². The summed E-state index contributed by atoms with van der Waals surface area (Å²) in [6, 6.07) is 8.86. The average Bonchev–Trinajstić information content (AvgIpc) is 3.49. The molecule has 144 valence electrons. The fraction of sp³-hybridized carbons (Fsp3) is 0.450. The van der Waals surface area contributed by atoms with Crippen LogP contribution < -0.4 is 20.3 Å². The summed E-state index contributed by atoms with van der Waals surface area (Å²) in [5, 5.41) is 7.17. The Labute approximate surface area is 158 Å². The molecule has 1 fully saturated rings. The van der Waals surface area contributed by atoms with Crippen LogP contribution in [0.5, 0.6) is 11.5 Å². The molecule has 0 bridgehead atoms. The van der Waals surface area contributed by atoms with Gasteiger partial charge in [-0.05, 0) is 50.5 Å². The van der Waals surface area contributed by atoms with E-state index in [0.717, 1.165) is 24.1 Å². The zero-order valence-electron chi connectivity index (χ0n) is 15.9. The number of aryl methyl sites for hydroxylation is 1. The van der Waals surface area contributed by atoms with Gasteiger partial charge in [0.25, 0.3) is 11.5 Å². The summed E-state index contributed by atoms with van der Waals surface area (Å²) in [5.41, 5.74) is 1.83. The Bertz CT molecular complexity index is 874. The fourth-order valence-electron chi connectivity index (χ4n) is 2.77. The van der Waals surface area contributed by atoms with Crippen LogP contribution in [0.1, 0.15) is 36.9 Å². The molecule has 0 spiro atoms. The normalized spacial score (nSPS) is 14.5. The van der Waals surface area contributed by atoms with Crippen LogP contribution in [-0.4, -0.2) is 35.4 Å². The molecule has 1 aliphatic rings. The van der Waals surface area contributed by atoms with Gasteiger partial charge in [-0.2, -0.15) is 5.10 Å². The number of carbonyl (C=O) groups excluding carboxylic acids is 1. The first-order chi connectivity index (χ1) is 13.0. The lowest BCUT2D eigenvalue weighted by atomic mass is 10.2. The third-order valence-electron chi connectivity index (χ3n) is 4.50. The lowest BCUT2D eigenvalue weighted by molar-refractivity contribution is -0.127. The summed E-state index contributed by atoms with van der Waals surface area (Å²) in [6.45, 7) is 4.26. The second kappa shape index (κ2) is 8.24. The van der Waals surface area contributed by atoms with E-state index in [0.29, 0.717) is 30.5 Å². The minimum Gasteiger partial charge on any atom is -0.493 e. The largest absolute Gasteiger partial charge is 0.493 e. The van der Waals surface area contributed by atoms with Gasteiger partial charge in [0, 0.05) is 18.5 Å². The van der Waals surface area contributed by atoms with E-state index in [1.54, 1.807) is 26.2 Å². The third-order valence-corrected chi connectivity index (χ3v) is 4.50. The first-order valence-corrected chi connectivity index (χ1v) is 9.15. The van der Waals surface area contributed by atoms with Crippen LogP contribution in [-0.2, 0) is 11.3 Å². The standard InChI is InChI=1S/C20H25N3O4/c1-13-4-8-17(18(12-13)26-3)27-14(2)20(25)21-10-11-23-19(24)9-7-16(22-23)15-5-6-15/h4,7-9,12,14-15H,5-6,10-11H2,1-3H3,(H,21,25). The molecular formula is C20H25N3O4. The van der Waals surface area contributed by atoms with Crippen LogP contribution in [0, 0.1) is 6.92 Å². The highest BCUT2D eigenvalue weighted by molar-refractivity contribution is 5.80. The molecule has 1 atom stereocenters. The van der Waals surface area contributed by atoms with Crippen LogP contribution >= 0.6 is 0 Å². The van der Waals surface area contributed by atoms with E-state index < -0.39 is 6.10 Å². The summed E-state index contributed by atoms with van der Waals surface area (Å²) in [7, 11) is 1.56. The van der Waals surface area contributed by atoms with Crippen LogP contribution in [0.4, 0.5) is 0 Å². The van der Waals surface area contributed by atoms with Crippen molar-refractivity contribution in [3.63, 3.8) is 0 Å². The number of ether oxygens (including phenoxy) is 2. The predicted octanol–water partition coefficient (Wildman–Crippen LogP) is 2.02. The highest BCUT2D eigenvalue weighted by Crippen LogP contribution is 2.38. The van der Waals surface area contributed by atoms with Crippen molar-refractivity contribution in [3.8, 4) is 11.5 Å². The number of hydrogen-bond acceptors (Lipinski definition) is 5. The zero-order chi connectivity index (χ0) is 19.4. The van der Waals surface area contributed by atoms with Gasteiger partial charge in [0.05, 0.1) is 19.3 Å². The molecular weight excluding hydrogens is 346 g/mol. The Kier molecular flexibility index (Phi) is 5.78. The van der Waals surface area contributed by atoms with Gasteiger partial charge in [-0.3, -0.25) is 9.59 Å². The van der Waals surface area contributed by atoms with E-state index >= 15 is 0 Å². The van der Waals surface area contributed by atoms with E-state index in [4.69, 9.17) is 9.47 Å². The average molecular weight is 371 g/mol. The van der Waals surface area contributed by atoms with Gasteiger partial charge in [0.2, 0.25) is 0 Å². The SMILES string of the molecule is COc1cc(C)ccc1OC(C)C(=O)NCCn1nc(C2CC2)ccc1=O. The number of hydrogen-bond donors (Lipinski definition) is 1. The monoisotopic (exact) mass is 371 g/mol. The summed E-state index contributed by atoms with van der Waals surface area (Å²) in [4.78, 5) is 24.2. The first-order valence-electron chi connectivity index (χ1n) is 9.15. The third kappa shape index (κ3) is 4.87. The van der Waals surface area contributed by atoms with E-state index in [-0.39, 0.29) is 11.5 Å². The Morgan fingerprint density at radius 1 is 1.30 bits per heavy atom. The number of nitrogens with one attached hydrogen (secondary N) is 1. The molecule has 1 heterocycles. The molecule has 7 heteroatoms. The van der Waals surface area contributed by atoms with E-state index in [9.17, 15) is 9.59 Å². The summed E-state index contributed by atoms with van der Waals surface area (Å²) in [6.07, 6.45) is 1.56. The molecule has 1 aromatic carbocycles. The maximum absolute atomic E-state index is 12.3. The van der Waals surface area contributed by atoms with Crippen molar-refractivity contribution in [1.82, 2.24) is 15.1 Å². The first kappa shape index (κ1) is 18.9. The Morgan fingerprint density at radius 3 is 2.78 bits per heavy atom. The molecule has 3 rings (SSSR count). The van der Waals surface area contributed by atoms with Crippen molar-refractivity contribution < 1.29 is 14.3 Å². The number of nitrogens with zero attached hydrogens (tertiary/aromatic N) is 2. The van der Waals surface area contributed by atoms with E-state index in [1.807, 2.05) is 19.1 Å². The van der Waals surface area contributed by atoms with Gasteiger partial charge in [-0.25, -0.2) is 4.68 Å². The second-order valence-electron chi connectivity index (χ2n) is 6.80. The Morgan fingerprint density at radius 2 is 2.07 bits per heavy atom. The maximum Gasteiger partial charge on any atom is 0.266 e. The topological polar surface area (TPSA) is 82.4 Å².